The second kappa shape index (κ2) is 7.84. The number of benzene rings is 1. The van der Waals surface area contributed by atoms with E-state index in [4.69, 9.17) is 29.6 Å². The molecule has 0 heterocycles. The Labute approximate surface area is 133 Å². The highest BCUT2D eigenvalue weighted by Crippen LogP contribution is 2.28. The highest BCUT2D eigenvalue weighted by atomic mass is 35.5. The molecule has 4 heteroatoms. The van der Waals surface area contributed by atoms with Crippen molar-refractivity contribution in [3.8, 4) is 0 Å². The van der Waals surface area contributed by atoms with E-state index in [1.807, 2.05) is 18.2 Å². The first kappa shape index (κ1) is 17.3. The van der Waals surface area contributed by atoms with Crippen LogP contribution in [0.25, 0.3) is 0 Å². The van der Waals surface area contributed by atoms with Gasteiger partial charge in [-0.1, -0.05) is 69.9 Å². The first-order chi connectivity index (χ1) is 9.37. The molecule has 0 atom stereocenters. The first-order valence-electron chi connectivity index (χ1n) is 7.19. The second-order valence-electron chi connectivity index (χ2n) is 6.00. The number of anilines is 1. The summed E-state index contributed by atoms with van der Waals surface area (Å²) in [5, 5.41) is 4.05. The summed E-state index contributed by atoms with van der Waals surface area (Å²) in [4.78, 5) is 0.335. The number of nitrogens with two attached hydrogens (primary N) is 1. The second-order valence-corrected chi connectivity index (χ2v) is 6.85. The molecule has 20 heavy (non-hydrogen) atoms. The Kier molecular flexibility index (Phi) is 6.77. The highest BCUT2D eigenvalue weighted by Gasteiger charge is 2.18. The van der Waals surface area contributed by atoms with Crippen LogP contribution >= 0.6 is 23.8 Å². The summed E-state index contributed by atoms with van der Waals surface area (Å²) >= 11 is 11.3. The lowest BCUT2D eigenvalue weighted by atomic mass is 9.86. The maximum absolute atomic E-state index is 6.17. The van der Waals surface area contributed by atoms with Crippen molar-refractivity contribution in [2.45, 2.75) is 46.5 Å². The van der Waals surface area contributed by atoms with Crippen LogP contribution in [0.3, 0.4) is 0 Å². The largest absolute Gasteiger partial charge is 0.389 e. The van der Waals surface area contributed by atoms with Crippen LogP contribution in [0.4, 0.5) is 5.69 Å². The SMILES string of the molecule is CCCCCC(C)(C)CNc1cccc(Cl)c1C(N)=S. The molecule has 0 saturated heterocycles. The van der Waals surface area contributed by atoms with Crippen LogP contribution < -0.4 is 11.1 Å². The smallest absolute Gasteiger partial charge is 0.107 e. The lowest BCUT2D eigenvalue weighted by Gasteiger charge is -2.26. The van der Waals surface area contributed by atoms with Gasteiger partial charge in [0.05, 0.1) is 10.6 Å². The van der Waals surface area contributed by atoms with Gasteiger partial charge in [-0.15, -0.1) is 0 Å². The summed E-state index contributed by atoms with van der Waals surface area (Å²) in [6, 6.07) is 5.70. The molecule has 0 fully saturated rings. The van der Waals surface area contributed by atoms with Gasteiger partial charge in [-0.2, -0.15) is 0 Å². The first-order valence-corrected chi connectivity index (χ1v) is 7.98. The van der Waals surface area contributed by atoms with E-state index < -0.39 is 0 Å². The number of rotatable bonds is 8. The lowest BCUT2D eigenvalue weighted by molar-refractivity contribution is 0.342. The minimum atomic E-state index is 0.241. The molecular weight excluding hydrogens is 288 g/mol. The van der Waals surface area contributed by atoms with E-state index in [1.165, 1.54) is 25.7 Å². The van der Waals surface area contributed by atoms with Crippen molar-refractivity contribution >= 4 is 34.5 Å². The van der Waals surface area contributed by atoms with E-state index in [0.717, 1.165) is 17.8 Å². The monoisotopic (exact) mass is 312 g/mol. The van der Waals surface area contributed by atoms with Gasteiger partial charge in [-0.25, -0.2) is 0 Å². The van der Waals surface area contributed by atoms with Crippen LogP contribution in [0.2, 0.25) is 5.02 Å². The standard InChI is InChI=1S/C16H25ClN2S/c1-4-5-6-10-16(2,3)11-19-13-9-7-8-12(17)14(13)15(18)20/h7-9,19H,4-6,10-11H2,1-3H3,(H2,18,20). The number of halogens is 1. The van der Waals surface area contributed by atoms with Crippen molar-refractivity contribution in [1.29, 1.82) is 0 Å². The molecule has 0 amide bonds. The van der Waals surface area contributed by atoms with Crippen molar-refractivity contribution in [3.63, 3.8) is 0 Å². The fourth-order valence-corrected chi connectivity index (χ4v) is 2.75. The normalized spacial score (nSPS) is 11.4. The minimum Gasteiger partial charge on any atom is -0.389 e. The van der Waals surface area contributed by atoms with Gasteiger partial charge in [0.2, 0.25) is 0 Å². The number of hydrogen-bond acceptors (Lipinski definition) is 2. The third kappa shape index (κ3) is 5.29. The van der Waals surface area contributed by atoms with Crippen molar-refractivity contribution < 1.29 is 0 Å². The van der Waals surface area contributed by atoms with E-state index in [2.05, 4.69) is 26.1 Å². The molecule has 1 aromatic carbocycles. The van der Waals surface area contributed by atoms with Crippen LogP contribution in [0.15, 0.2) is 18.2 Å². The van der Waals surface area contributed by atoms with Crippen molar-refractivity contribution in [3.05, 3.63) is 28.8 Å². The van der Waals surface area contributed by atoms with Crippen molar-refractivity contribution in [2.75, 3.05) is 11.9 Å². The minimum absolute atomic E-state index is 0.241. The molecule has 0 bridgehead atoms. The molecule has 0 aliphatic heterocycles. The Bertz CT molecular complexity index is 458. The van der Waals surface area contributed by atoms with Gasteiger partial charge in [-0.3, -0.25) is 0 Å². The van der Waals surface area contributed by atoms with Crippen molar-refractivity contribution in [2.24, 2.45) is 11.1 Å². The third-order valence-electron chi connectivity index (χ3n) is 3.47. The lowest BCUT2D eigenvalue weighted by Crippen LogP contribution is -2.24. The average Bonchev–Trinajstić information content (AvgIpc) is 2.36. The molecule has 0 spiro atoms. The van der Waals surface area contributed by atoms with Crippen LogP contribution in [0, 0.1) is 5.41 Å². The number of nitrogens with one attached hydrogen (secondary N) is 1. The predicted molar refractivity (Wildman–Crippen MR) is 93.8 cm³/mol. The molecule has 0 radical (unpaired) electrons. The zero-order valence-corrected chi connectivity index (χ0v) is 14.2. The summed E-state index contributed by atoms with van der Waals surface area (Å²) < 4.78 is 0. The maximum atomic E-state index is 6.17. The van der Waals surface area contributed by atoms with E-state index in [9.17, 15) is 0 Å². The van der Waals surface area contributed by atoms with Gasteiger partial charge in [0.1, 0.15) is 4.99 Å². The van der Waals surface area contributed by atoms with Gasteiger partial charge >= 0.3 is 0 Å². The average molecular weight is 313 g/mol. The van der Waals surface area contributed by atoms with E-state index in [-0.39, 0.29) is 5.41 Å². The zero-order chi connectivity index (χ0) is 15.2. The molecule has 0 aromatic heterocycles. The quantitative estimate of drug-likeness (QED) is 0.524. The van der Waals surface area contributed by atoms with Gasteiger partial charge < -0.3 is 11.1 Å². The third-order valence-corrected chi connectivity index (χ3v) is 3.99. The van der Waals surface area contributed by atoms with Crippen LogP contribution in [0.5, 0.6) is 0 Å². The Balaban J connectivity index is 2.70. The summed E-state index contributed by atoms with van der Waals surface area (Å²) in [6.07, 6.45) is 5.02. The van der Waals surface area contributed by atoms with Gasteiger partial charge in [0.25, 0.3) is 0 Å². The molecule has 0 aliphatic carbocycles. The molecule has 3 N–H and O–H groups in total. The van der Waals surface area contributed by atoms with Crippen LogP contribution in [-0.4, -0.2) is 11.5 Å². The molecule has 1 rings (SSSR count). The number of unbranched alkanes of at least 4 members (excludes halogenated alkanes) is 2. The fraction of sp³-hybridized carbons (Fsp3) is 0.562. The Morgan fingerprint density at radius 2 is 2.05 bits per heavy atom. The Morgan fingerprint density at radius 1 is 1.35 bits per heavy atom. The summed E-state index contributed by atoms with van der Waals surface area (Å²) in [5.74, 6) is 0. The number of hydrogen-bond donors (Lipinski definition) is 2. The zero-order valence-electron chi connectivity index (χ0n) is 12.6. The molecule has 0 unspecified atom stereocenters. The molecule has 0 aliphatic rings. The van der Waals surface area contributed by atoms with E-state index in [0.29, 0.717) is 10.0 Å². The fourth-order valence-electron chi connectivity index (χ4n) is 2.20. The molecule has 0 saturated carbocycles. The topological polar surface area (TPSA) is 38.0 Å². The number of thiocarbonyl (C=S) groups is 1. The van der Waals surface area contributed by atoms with Crippen molar-refractivity contribution in [1.82, 2.24) is 0 Å². The molecule has 2 nitrogen and oxygen atoms in total. The van der Waals surface area contributed by atoms with Gasteiger partial charge in [-0.05, 0) is 24.0 Å². The summed E-state index contributed by atoms with van der Waals surface area (Å²) in [6.45, 7) is 7.67. The van der Waals surface area contributed by atoms with E-state index >= 15 is 0 Å². The van der Waals surface area contributed by atoms with E-state index in [1.54, 1.807) is 0 Å². The summed E-state index contributed by atoms with van der Waals surface area (Å²) in [7, 11) is 0. The molecule has 112 valence electrons. The predicted octanol–water partition coefficient (Wildman–Crippen LogP) is 4.99. The molecule has 1 aromatic rings. The Hall–Kier alpha value is -0.800. The maximum Gasteiger partial charge on any atom is 0.107 e. The van der Waals surface area contributed by atoms with Crippen LogP contribution in [-0.2, 0) is 0 Å². The van der Waals surface area contributed by atoms with Crippen LogP contribution in [0.1, 0.15) is 52.0 Å². The summed E-state index contributed by atoms with van der Waals surface area (Å²) in [5.41, 5.74) is 7.67. The molecular formula is C16H25ClN2S. The van der Waals surface area contributed by atoms with Gasteiger partial charge in [0.15, 0.2) is 0 Å². The highest BCUT2D eigenvalue weighted by molar-refractivity contribution is 7.80. The van der Waals surface area contributed by atoms with Gasteiger partial charge in [0, 0.05) is 12.2 Å². The Morgan fingerprint density at radius 3 is 2.65 bits per heavy atom.